The summed E-state index contributed by atoms with van der Waals surface area (Å²) >= 11 is 0. The Hall–Kier alpha value is -2.50. The van der Waals surface area contributed by atoms with E-state index in [9.17, 15) is 4.79 Å². The van der Waals surface area contributed by atoms with Gasteiger partial charge in [0.05, 0.1) is 0 Å². The normalized spacial score (nSPS) is 28.7. The molecular weight excluding hydrogens is 386 g/mol. The molecule has 166 valence electrons. The maximum Gasteiger partial charge on any atom is 0.268 e. The minimum Gasteiger partial charge on any atom is -0.370 e. The number of carbonyl (C=O) groups excluding carboxylic acids is 1. The fourth-order valence-corrected chi connectivity index (χ4v) is 6.97. The lowest BCUT2D eigenvalue weighted by atomic mass is 9.53. The largest absolute Gasteiger partial charge is 0.370 e. The van der Waals surface area contributed by atoms with E-state index in [1.165, 1.54) is 38.5 Å². The highest BCUT2D eigenvalue weighted by atomic mass is 16.2. The molecular formula is C25H35N5O. The Morgan fingerprint density at radius 2 is 1.71 bits per heavy atom. The zero-order valence-electron chi connectivity index (χ0n) is 18.4. The number of carbonyl (C=O) groups is 1. The maximum absolute atomic E-state index is 13.6. The van der Waals surface area contributed by atoms with Crippen molar-refractivity contribution in [3.8, 4) is 0 Å². The highest BCUT2D eigenvalue weighted by Gasteiger charge is 2.51. The molecule has 4 fully saturated rings. The summed E-state index contributed by atoms with van der Waals surface area (Å²) in [4.78, 5) is 17.6. The summed E-state index contributed by atoms with van der Waals surface area (Å²) in [6, 6.07) is 10.4. The van der Waals surface area contributed by atoms with Crippen LogP contribution in [-0.4, -0.2) is 28.5 Å². The molecule has 1 heterocycles. The molecule has 0 aliphatic heterocycles. The number of rotatable bonds is 8. The van der Waals surface area contributed by atoms with Crippen LogP contribution < -0.4 is 16.8 Å². The number of guanidine groups is 1. The number of fused-ring (bicyclic) bond motifs is 1. The van der Waals surface area contributed by atoms with E-state index in [2.05, 4.69) is 39.1 Å². The van der Waals surface area contributed by atoms with Crippen LogP contribution in [0.1, 0.15) is 68.3 Å². The van der Waals surface area contributed by atoms with E-state index in [-0.39, 0.29) is 17.4 Å². The molecule has 4 saturated carbocycles. The molecule has 1 aromatic heterocycles. The molecule has 1 amide bonds. The first kappa shape index (κ1) is 20.4. The van der Waals surface area contributed by atoms with E-state index >= 15 is 0 Å². The number of nitrogens with one attached hydrogen (secondary N) is 1. The first-order chi connectivity index (χ1) is 15.0. The van der Waals surface area contributed by atoms with Crippen molar-refractivity contribution in [3.63, 3.8) is 0 Å². The molecule has 4 bridgehead atoms. The molecule has 2 aromatic rings. The Balaban J connectivity index is 1.31. The molecule has 5 N–H and O–H groups in total. The summed E-state index contributed by atoms with van der Waals surface area (Å²) in [5.74, 6) is 2.73. The van der Waals surface area contributed by atoms with Gasteiger partial charge in [-0.25, -0.2) is 0 Å². The van der Waals surface area contributed by atoms with Crippen LogP contribution in [0.15, 0.2) is 35.3 Å². The average molecular weight is 422 g/mol. The van der Waals surface area contributed by atoms with Crippen LogP contribution in [0.25, 0.3) is 10.9 Å². The third-order valence-corrected chi connectivity index (χ3v) is 7.79. The van der Waals surface area contributed by atoms with E-state index in [0.29, 0.717) is 6.54 Å². The Kier molecular flexibility index (Phi) is 5.40. The van der Waals surface area contributed by atoms with Crippen LogP contribution in [0.5, 0.6) is 0 Å². The predicted octanol–water partition coefficient (Wildman–Crippen LogP) is 3.78. The standard InChI is InChI=1S/C25H35N5O/c26-24(27)28-8-4-1-5-9-30-21-7-3-2-6-20(21)13-22(30)23(31)29-25-14-17-10-18(15-25)12-19(11-17)16-25/h2-3,6-7,13,17-19H,1,4-5,8-12,14-16H2,(H,29,31)(H4,26,27,28). The van der Waals surface area contributed by atoms with Crippen molar-refractivity contribution in [1.82, 2.24) is 9.88 Å². The third-order valence-electron chi connectivity index (χ3n) is 7.79. The monoisotopic (exact) mass is 421 g/mol. The van der Waals surface area contributed by atoms with Crippen LogP contribution in [0.3, 0.4) is 0 Å². The SMILES string of the molecule is NC(N)=NCCCCCn1c(C(=O)NC23CC4CC(CC(C4)C2)C3)cc2ccccc21. The van der Waals surface area contributed by atoms with E-state index in [1.807, 2.05) is 6.07 Å². The van der Waals surface area contributed by atoms with Gasteiger partial charge in [0.15, 0.2) is 5.96 Å². The van der Waals surface area contributed by atoms with Crippen LogP contribution in [0, 0.1) is 17.8 Å². The van der Waals surface area contributed by atoms with Gasteiger partial charge in [-0.05, 0) is 87.7 Å². The van der Waals surface area contributed by atoms with Gasteiger partial charge in [0.2, 0.25) is 0 Å². The molecule has 0 atom stereocenters. The van der Waals surface area contributed by atoms with Gasteiger partial charge in [0.25, 0.3) is 5.91 Å². The summed E-state index contributed by atoms with van der Waals surface area (Å²) in [7, 11) is 0. The molecule has 1 aromatic carbocycles. The lowest BCUT2D eigenvalue weighted by Crippen LogP contribution is -2.60. The zero-order valence-corrected chi connectivity index (χ0v) is 18.4. The minimum atomic E-state index is 0.0350. The lowest BCUT2D eigenvalue weighted by Gasteiger charge is -2.56. The predicted molar refractivity (Wildman–Crippen MR) is 125 cm³/mol. The molecule has 6 nitrogen and oxygen atoms in total. The Morgan fingerprint density at radius 1 is 1.03 bits per heavy atom. The number of aromatic nitrogens is 1. The van der Waals surface area contributed by atoms with Gasteiger partial charge in [0.1, 0.15) is 5.69 Å². The number of hydrogen-bond acceptors (Lipinski definition) is 2. The number of benzene rings is 1. The fraction of sp³-hybridized carbons (Fsp3) is 0.600. The number of para-hydroxylation sites is 1. The van der Waals surface area contributed by atoms with Gasteiger partial charge in [-0.2, -0.15) is 0 Å². The molecule has 0 unspecified atom stereocenters. The van der Waals surface area contributed by atoms with Crippen LogP contribution in [0.4, 0.5) is 0 Å². The van der Waals surface area contributed by atoms with Gasteiger partial charge in [-0.15, -0.1) is 0 Å². The van der Waals surface area contributed by atoms with E-state index in [0.717, 1.165) is 60.2 Å². The van der Waals surface area contributed by atoms with Gasteiger partial charge in [-0.3, -0.25) is 9.79 Å². The number of hydrogen-bond donors (Lipinski definition) is 3. The topological polar surface area (TPSA) is 98.4 Å². The molecule has 31 heavy (non-hydrogen) atoms. The van der Waals surface area contributed by atoms with Gasteiger partial charge in [-0.1, -0.05) is 18.2 Å². The summed E-state index contributed by atoms with van der Waals surface area (Å²) < 4.78 is 2.21. The summed E-state index contributed by atoms with van der Waals surface area (Å²) in [6.07, 6.45) is 10.7. The van der Waals surface area contributed by atoms with Crippen LogP contribution in [0.2, 0.25) is 0 Å². The number of aliphatic imine (C=N–C) groups is 1. The minimum absolute atomic E-state index is 0.0350. The van der Waals surface area contributed by atoms with Crippen LogP contribution in [-0.2, 0) is 6.54 Å². The van der Waals surface area contributed by atoms with Crippen molar-refractivity contribution in [2.45, 2.75) is 69.9 Å². The Labute approximate surface area is 184 Å². The highest BCUT2D eigenvalue weighted by molar-refractivity contribution is 5.99. The van der Waals surface area contributed by atoms with Crippen molar-refractivity contribution in [3.05, 3.63) is 36.0 Å². The van der Waals surface area contributed by atoms with Crippen molar-refractivity contribution in [2.75, 3.05) is 6.54 Å². The molecule has 4 aliphatic rings. The number of unbranched alkanes of at least 4 members (excludes halogenated alkanes) is 2. The molecule has 6 heteroatoms. The number of aryl methyl sites for hydroxylation is 1. The summed E-state index contributed by atoms with van der Waals surface area (Å²) in [5, 5.41) is 4.70. The number of amides is 1. The Morgan fingerprint density at radius 3 is 2.39 bits per heavy atom. The van der Waals surface area contributed by atoms with Crippen molar-refractivity contribution < 1.29 is 4.79 Å². The van der Waals surface area contributed by atoms with Crippen molar-refractivity contribution >= 4 is 22.8 Å². The average Bonchev–Trinajstić information content (AvgIpc) is 3.08. The van der Waals surface area contributed by atoms with E-state index in [1.54, 1.807) is 0 Å². The number of nitrogens with zero attached hydrogens (tertiary/aromatic N) is 2. The molecule has 6 rings (SSSR count). The molecule has 0 saturated heterocycles. The second-order valence-corrected chi connectivity index (χ2v) is 10.3. The first-order valence-corrected chi connectivity index (χ1v) is 12.0. The quantitative estimate of drug-likeness (QED) is 0.344. The Bertz CT molecular complexity index is 952. The third kappa shape index (κ3) is 4.17. The molecule has 0 spiro atoms. The highest BCUT2D eigenvalue weighted by Crippen LogP contribution is 2.55. The smallest absolute Gasteiger partial charge is 0.268 e. The van der Waals surface area contributed by atoms with Gasteiger partial charge < -0.3 is 21.4 Å². The first-order valence-electron chi connectivity index (χ1n) is 12.0. The maximum atomic E-state index is 13.6. The second-order valence-electron chi connectivity index (χ2n) is 10.3. The second kappa shape index (κ2) is 8.21. The van der Waals surface area contributed by atoms with E-state index < -0.39 is 0 Å². The fourth-order valence-electron chi connectivity index (χ4n) is 6.97. The van der Waals surface area contributed by atoms with Gasteiger partial charge >= 0.3 is 0 Å². The number of nitrogens with two attached hydrogens (primary N) is 2. The van der Waals surface area contributed by atoms with Crippen molar-refractivity contribution in [1.29, 1.82) is 0 Å². The molecule has 0 radical (unpaired) electrons. The van der Waals surface area contributed by atoms with Gasteiger partial charge in [0, 0.05) is 29.5 Å². The summed E-state index contributed by atoms with van der Waals surface area (Å²) in [5.41, 5.74) is 12.8. The van der Waals surface area contributed by atoms with E-state index in [4.69, 9.17) is 11.5 Å². The van der Waals surface area contributed by atoms with Crippen LogP contribution >= 0.6 is 0 Å². The van der Waals surface area contributed by atoms with Crippen molar-refractivity contribution in [2.24, 2.45) is 34.2 Å². The lowest BCUT2D eigenvalue weighted by molar-refractivity contribution is -0.0168. The zero-order chi connectivity index (χ0) is 21.4. The molecule has 4 aliphatic carbocycles. The summed E-state index contributed by atoms with van der Waals surface area (Å²) in [6.45, 7) is 1.49.